The molecule has 3 amide bonds. The summed E-state index contributed by atoms with van der Waals surface area (Å²) in [6.07, 6.45) is 10.4. The van der Waals surface area contributed by atoms with Crippen LogP contribution in [-0.4, -0.2) is 80.4 Å². The number of nitrogens with two attached hydrogens (primary N) is 1. The second kappa shape index (κ2) is 11.8. The summed E-state index contributed by atoms with van der Waals surface area (Å²) >= 11 is 0. The van der Waals surface area contributed by atoms with Crippen LogP contribution in [-0.2, 0) is 24.4 Å². The molecule has 14 heteroatoms. The lowest BCUT2D eigenvalue weighted by molar-refractivity contribution is -0.141. The number of hydrogen-bond acceptors (Lipinski definition) is 9. The van der Waals surface area contributed by atoms with Gasteiger partial charge in [-0.25, -0.2) is 13.4 Å². The number of aromatic nitrogens is 3. The van der Waals surface area contributed by atoms with Crippen molar-refractivity contribution in [1.82, 2.24) is 29.3 Å². The molecule has 0 bridgehead atoms. The second-order valence-corrected chi connectivity index (χ2v) is 16.7. The number of carbonyl (C=O) groups is 3. The number of nitrogens with one attached hydrogen (secondary N) is 2. The minimum Gasteiger partial charge on any atom is -0.472 e. The predicted octanol–water partition coefficient (Wildman–Crippen LogP) is 2.44. The third-order valence-corrected chi connectivity index (χ3v) is 13.0. The fraction of sp³-hybridized carbons (Fsp3) is 0.559. The van der Waals surface area contributed by atoms with Crippen LogP contribution in [0.2, 0.25) is 0 Å². The molecule has 2 saturated carbocycles. The van der Waals surface area contributed by atoms with Crippen molar-refractivity contribution < 1.29 is 27.5 Å². The number of fused-ring (bicyclic) bond motifs is 5. The maximum absolute atomic E-state index is 14.2. The zero-order chi connectivity index (χ0) is 34.0. The Labute approximate surface area is 279 Å². The van der Waals surface area contributed by atoms with Crippen molar-refractivity contribution in [2.24, 2.45) is 23.5 Å². The molecule has 48 heavy (non-hydrogen) atoms. The first kappa shape index (κ1) is 32.5. The summed E-state index contributed by atoms with van der Waals surface area (Å²) in [6.45, 7) is 5.77. The SMILES string of the molecule is CC1CCC=C[C@@H]2C[C@@]2(C(=O)NS(=O)(=O)C2(C)CC2)NC(=O)[C@@H]2C[C@@H](Oc3nc4nccn4c4ccccc34)CN2C(=O)[C@@H](N)[C@H](C)C1. The molecule has 0 spiro atoms. The standard InChI is InChI=1S/C34H43N7O6S/c1-20-8-4-5-9-22-18-34(22,31(44)39-48(45,46)33(3)12-13-33)38-28(42)26-17-23(19-41(26)30(43)27(35)21(2)16-20)47-29-24-10-6-7-11-25(24)40-15-14-36-32(40)37-29/h5-7,9-11,14-15,20-23,26-27H,4,8,12-13,16-19,35H2,1-3H3,(H,38,42)(H,39,44)/t20?,21-,22-,23-,26+,27+,34-/m1/s1. The number of allylic oxidation sites excluding steroid dienone is 1. The highest BCUT2D eigenvalue weighted by atomic mass is 32.2. The van der Waals surface area contributed by atoms with Crippen LogP contribution >= 0.6 is 0 Å². The van der Waals surface area contributed by atoms with Gasteiger partial charge in [-0.05, 0) is 69.4 Å². The Morgan fingerprint density at radius 1 is 1.17 bits per heavy atom. The second-order valence-electron chi connectivity index (χ2n) is 14.5. The molecule has 3 aromatic rings. The zero-order valence-corrected chi connectivity index (χ0v) is 28.3. The number of carbonyl (C=O) groups excluding carboxylic acids is 3. The van der Waals surface area contributed by atoms with Gasteiger partial charge in [0.2, 0.25) is 33.5 Å². The number of rotatable bonds is 5. The topological polar surface area (TPSA) is 178 Å². The molecule has 4 aliphatic rings. The van der Waals surface area contributed by atoms with E-state index in [1.165, 1.54) is 4.90 Å². The number of nitrogens with zero attached hydrogens (tertiary/aromatic N) is 4. The number of amides is 3. The quantitative estimate of drug-likeness (QED) is 0.342. The lowest BCUT2D eigenvalue weighted by Crippen LogP contribution is -2.58. The molecule has 1 unspecified atom stereocenters. The van der Waals surface area contributed by atoms with Gasteiger partial charge in [0, 0.05) is 24.7 Å². The van der Waals surface area contributed by atoms with Gasteiger partial charge in [0.15, 0.2) is 0 Å². The maximum atomic E-state index is 14.2. The number of ether oxygens (including phenoxy) is 1. The molecule has 7 atom stereocenters. The van der Waals surface area contributed by atoms with Crippen LogP contribution in [0.5, 0.6) is 5.88 Å². The molecule has 0 radical (unpaired) electrons. The third-order valence-electron chi connectivity index (χ3n) is 10.8. The molecule has 1 aromatic carbocycles. The summed E-state index contributed by atoms with van der Waals surface area (Å²) in [5, 5.41) is 3.65. The average Bonchev–Trinajstić information content (AvgIpc) is 3.83. The first-order chi connectivity index (χ1) is 22.8. The van der Waals surface area contributed by atoms with Gasteiger partial charge >= 0.3 is 0 Å². The Balaban J connectivity index is 1.20. The van der Waals surface area contributed by atoms with Crippen molar-refractivity contribution in [2.45, 2.75) is 94.2 Å². The van der Waals surface area contributed by atoms with Gasteiger partial charge < -0.3 is 20.7 Å². The van der Waals surface area contributed by atoms with Gasteiger partial charge in [-0.3, -0.25) is 23.5 Å². The van der Waals surface area contributed by atoms with Crippen LogP contribution in [0.15, 0.2) is 48.8 Å². The minimum absolute atomic E-state index is 0.0811. The summed E-state index contributed by atoms with van der Waals surface area (Å²) in [5.74, 6) is -1.14. The van der Waals surface area contributed by atoms with E-state index in [4.69, 9.17) is 10.5 Å². The van der Waals surface area contributed by atoms with Crippen LogP contribution in [0.3, 0.4) is 0 Å². The molecular weight excluding hydrogens is 634 g/mol. The van der Waals surface area contributed by atoms with E-state index < -0.39 is 50.3 Å². The van der Waals surface area contributed by atoms with Gasteiger partial charge in [0.1, 0.15) is 17.7 Å². The fourth-order valence-corrected chi connectivity index (χ4v) is 8.56. The highest BCUT2D eigenvalue weighted by Crippen LogP contribution is 2.47. The van der Waals surface area contributed by atoms with Crippen molar-refractivity contribution >= 4 is 44.4 Å². The summed E-state index contributed by atoms with van der Waals surface area (Å²) < 4.78 is 35.7. The number of imidazole rings is 1. The lowest BCUT2D eigenvalue weighted by atomic mass is 9.88. The molecular formula is C34H43N7O6S. The van der Waals surface area contributed by atoms with Crippen LogP contribution in [0, 0.1) is 17.8 Å². The Morgan fingerprint density at radius 2 is 1.94 bits per heavy atom. The highest BCUT2D eigenvalue weighted by Gasteiger charge is 2.63. The van der Waals surface area contributed by atoms with E-state index in [-0.39, 0.29) is 43.0 Å². The van der Waals surface area contributed by atoms with Crippen LogP contribution in [0.1, 0.15) is 65.7 Å². The highest BCUT2D eigenvalue weighted by molar-refractivity contribution is 7.91. The number of benzene rings is 1. The van der Waals surface area contributed by atoms with E-state index in [2.05, 4.69) is 26.9 Å². The summed E-state index contributed by atoms with van der Waals surface area (Å²) in [7, 11) is -3.94. The van der Waals surface area contributed by atoms with E-state index >= 15 is 0 Å². The number of sulfonamides is 1. The van der Waals surface area contributed by atoms with Crippen LogP contribution in [0.4, 0.5) is 0 Å². The van der Waals surface area contributed by atoms with E-state index in [0.717, 1.165) is 30.2 Å². The Kier molecular flexibility index (Phi) is 8.01. The third kappa shape index (κ3) is 5.72. The van der Waals surface area contributed by atoms with Gasteiger partial charge in [0.25, 0.3) is 5.91 Å². The molecule has 4 N–H and O–H groups in total. The lowest BCUT2D eigenvalue weighted by Gasteiger charge is -2.30. The maximum Gasteiger partial charge on any atom is 0.259 e. The molecule has 1 saturated heterocycles. The smallest absolute Gasteiger partial charge is 0.259 e. The molecule has 2 aromatic heterocycles. The molecule has 4 heterocycles. The Hall–Kier alpha value is -4.04. The largest absolute Gasteiger partial charge is 0.472 e. The van der Waals surface area contributed by atoms with Crippen molar-refractivity contribution in [3.63, 3.8) is 0 Å². The van der Waals surface area contributed by atoms with Crippen molar-refractivity contribution in [3.8, 4) is 5.88 Å². The normalized spacial score (nSPS) is 32.1. The molecule has 2 aliphatic heterocycles. The summed E-state index contributed by atoms with van der Waals surface area (Å²) in [4.78, 5) is 52.4. The molecule has 7 rings (SSSR count). The van der Waals surface area contributed by atoms with Gasteiger partial charge in [-0.1, -0.05) is 38.1 Å². The van der Waals surface area contributed by atoms with Crippen LogP contribution < -0.4 is 20.5 Å². The van der Waals surface area contributed by atoms with Gasteiger partial charge in [-0.15, -0.1) is 0 Å². The first-order valence-corrected chi connectivity index (χ1v) is 18.3. The molecule has 2 aliphatic carbocycles. The van der Waals surface area contributed by atoms with Crippen molar-refractivity contribution in [1.29, 1.82) is 0 Å². The number of para-hydroxylation sites is 1. The van der Waals surface area contributed by atoms with Crippen molar-refractivity contribution in [3.05, 3.63) is 48.8 Å². The van der Waals surface area contributed by atoms with E-state index in [1.54, 1.807) is 13.1 Å². The monoisotopic (exact) mass is 677 g/mol. The summed E-state index contributed by atoms with van der Waals surface area (Å²) in [5.41, 5.74) is 5.97. The molecule has 3 fully saturated rings. The molecule has 13 nitrogen and oxygen atoms in total. The number of hydrogen-bond donors (Lipinski definition) is 3. The van der Waals surface area contributed by atoms with E-state index in [9.17, 15) is 22.8 Å². The van der Waals surface area contributed by atoms with Gasteiger partial charge in [0.05, 0.1) is 28.2 Å². The Bertz CT molecular complexity index is 1920. The summed E-state index contributed by atoms with van der Waals surface area (Å²) in [6, 6.07) is 5.76. The van der Waals surface area contributed by atoms with Gasteiger partial charge in [-0.2, -0.15) is 4.98 Å². The predicted molar refractivity (Wildman–Crippen MR) is 178 cm³/mol. The minimum atomic E-state index is -3.94. The molecule has 256 valence electrons. The van der Waals surface area contributed by atoms with Crippen LogP contribution in [0.25, 0.3) is 16.7 Å². The average molecular weight is 678 g/mol. The zero-order valence-electron chi connectivity index (χ0n) is 27.5. The van der Waals surface area contributed by atoms with E-state index in [0.29, 0.717) is 24.5 Å². The Morgan fingerprint density at radius 3 is 2.71 bits per heavy atom. The van der Waals surface area contributed by atoms with E-state index in [1.807, 2.05) is 53.9 Å². The fourth-order valence-electron chi connectivity index (χ4n) is 7.25. The van der Waals surface area contributed by atoms with Crippen molar-refractivity contribution in [2.75, 3.05) is 6.54 Å². The first-order valence-electron chi connectivity index (χ1n) is 16.8.